The molecule has 0 aliphatic carbocycles. The predicted molar refractivity (Wildman–Crippen MR) is 67.6 cm³/mol. The van der Waals surface area contributed by atoms with Gasteiger partial charge in [0.2, 0.25) is 0 Å². The largest absolute Gasteiger partial charge is 0.366 e. The van der Waals surface area contributed by atoms with Crippen molar-refractivity contribution in [3.05, 3.63) is 17.8 Å². The first-order chi connectivity index (χ1) is 8.22. The monoisotopic (exact) mass is 240 g/mol. The van der Waals surface area contributed by atoms with Gasteiger partial charge in [0.15, 0.2) is 11.6 Å². The average molecular weight is 240 g/mol. The van der Waals surface area contributed by atoms with E-state index in [1.807, 2.05) is 6.92 Å². The maximum Gasteiger partial charge on any atom is 0.186 e. The van der Waals surface area contributed by atoms with Gasteiger partial charge in [-0.25, -0.2) is 14.4 Å². The van der Waals surface area contributed by atoms with Gasteiger partial charge in [-0.05, 0) is 19.5 Å². The summed E-state index contributed by atoms with van der Waals surface area (Å²) in [6, 6.07) is 0. The summed E-state index contributed by atoms with van der Waals surface area (Å²) in [7, 11) is 0. The number of likely N-dealkylation sites (N-methyl/N-ethyl adjacent to an activating group) is 1. The van der Waals surface area contributed by atoms with Gasteiger partial charge in [0.25, 0.3) is 0 Å². The van der Waals surface area contributed by atoms with Crippen molar-refractivity contribution in [1.82, 2.24) is 14.9 Å². The highest BCUT2D eigenvalue weighted by Gasteiger charge is 2.09. The first-order valence-electron chi connectivity index (χ1n) is 6.18. The molecule has 1 aromatic heterocycles. The molecular weight excluding hydrogens is 219 g/mol. The van der Waals surface area contributed by atoms with Crippen molar-refractivity contribution in [2.45, 2.75) is 27.2 Å². The number of hydrogen-bond donors (Lipinski definition) is 1. The van der Waals surface area contributed by atoms with Gasteiger partial charge in [-0.2, -0.15) is 0 Å². The number of nitrogens with zero attached hydrogens (tertiary/aromatic N) is 3. The van der Waals surface area contributed by atoms with Crippen LogP contribution in [0.1, 0.15) is 26.5 Å². The first kappa shape index (κ1) is 13.8. The van der Waals surface area contributed by atoms with Gasteiger partial charge in [0.05, 0.1) is 5.69 Å². The Morgan fingerprint density at radius 3 is 2.53 bits per heavy atom. The van der Waals surface area contributed by atoms with E-state index in [4.69, 9.17) is 0 Å². The quantitative estimate of drug-likeness (QED) is 0.790. The third kappa shape index (κ3) is 3.93. The summed E-state index contributed by atoms with van der Waals surface area (Å²) in [5.74, 6) is -0.0152. The Bertz CT molecular complexity index is 339. The Morgan fingerprint density at radius 2 is 1.94 bits per heavy atom. The van der Waals surface area contributed by atoms with Crippen molar-refractivity contribution in [3.63, 3.8) is 0 Å². The minimum absolute atomic E-state index is 0.309. The zero-order valence-electron chi connectivity index (χ0n) is 10.8. The van der Waals surface area contributed by atoms with Gasteiger partial charge < -0.3 is 10.2 Å². The van der Waals surface area contributed by atoms with Gasteiger partial charge in [0, 0.05) is 13.1 Å². The van der Waals surface area contributed by atoms with E-state index in [9.17, 15) is 4.39 Å². The van der Waals surface area contributed by atoms with Crippen LogP contribution in [-0.4, -0.2) is 41.0 Å². The van der Waals surface area contributed by atoms with Crippen molar-refractivity contribution in [2.24, 2.45) is 0 Å². The third-order valence-electron chi connectivity index (χ3n) is 2.81. The van der Waals surface area contributed by atoms with Gasteiger partial charge in [-0.3, -0.25) is 0 Å². The lowest BCUT2D eigenvalue weighted by Gasteiger charge is -2.18. The van der Waals surface area contributed by atoms with E-state index in [0.29, 0.717) is 24.5 Å². The number of nitrogens with one attached hydrogen (secondary N) is 1. The van der Waals surface area contributed by atoms with Crippen molar-refractivity contribution in [3.8, 4) is 0 Å². The summed E-state index contributed by atoms with van der Waals surface area (Å²) < 4.78 is 13.8. The molecule has 4 nitrogen and oxygen atoms in total. The smallest absolute Gasteiger partial charge is 0.186 e. The maximum atomic E-state index is 13.8. The fraction of sp³-hybridized carbons (Fsp3) is 0.667. The van der Waals surface area contributed by atoms with Crippen LogP contribution in [0.2, 0.25) is 0 Å². The standard InChI is InChI=1S/C12H21FN4/c1-4-10-11(13)12(16-9-15-10)14-7-8-17(5-2)6-3/h9H,4-8H2,1-3H3,(H,14,15,16). The summed E-state index contributed by atoms with van der Waals surface area (Å²) in [5, 5.41) is 3.02. The molecule has 0 aromatic carbocycles. The van der Waals surface area contributed by atoms with Crippen LogP contribution >= 0.6 is 0 Å². The average Bonchev–Trinajstić information content (AvgIpc) is 2.36. The normalized spacial score (nSPS) is 10.9. The van der Waals surface area contributed by atoms with Crippen LogP contribution in [0.3, 0.4) is 0 Å². The fourth-order valence-electron chi connectivity index (χ4n) is 1.65. The van der Waals surface area contributed by atoms with Crippen LogP contribution < -0.4 is 5.32 Å². The number of rotatable bonds is 7. The topological polar surface area (TPSA) is 41.1 Å². The summed E-state index contributed by atoms with van der Waals surface area (Å²) in [6.07, 6.45) is 1.99. The Morgan fingerprint density at radius 1 is 1.24 bits per heavy atom. The highest BCUT2D eigenvalue weighted by Crippen LogP contribution is 2.12. The van der Waals surface area contributed by atoms with Crippen molar-refractivity contribution < 1.29 is 4.39 Å². The molecule has 1 heterocycles. The molecule has 0 radical (unpaired) electrons. The number of aromatic nitrogens is 2. The molecule has 1 aromatic rings. The molecule has 96 valence electrons. The second-order valence-corrected chi connectivity index (χ2v) is 3.79. The summed E-state index contributed by atoms with van der Waals surface area (Å²) in [5.41, 5.74) is 0.463. The molecule has 0 aliphatic rings. The number of halogens is 1. The minimum Gasteiger partial charge on any atom is -0.366 e. The number of hydrogen-bond acceptors (Lipinski definition) is 4. The molecule has 0 saturated heterocycles. The zero-order valence-corrected chi connectivity index (χ0v) is 10.8. The molecule has 0 bridgehead atoms. The molecule has 1 rings (SSSR count). The lowest BCUT2D eigenvalue weighted by molar-refractivity contribution is 0.315. The molecule has 0 atom stereocenters. The lowest BCUT2D eigenvalue weighted by atomic mass is 10.3. The molecule has 0 aliphatic heterocycles. The maximum absolute atomic E-state index is 13.8. The van der Waals surface area contributed by atoms with E-state index in [1.165, 1.54) is 6.33 Å². The molecular formula is C12H21FN4. The number of aryl methyl sites for hydroxylation is 1. The highest BCUT2D eigenvalue weighted by atomic mass is 19.1. The first-order valence-corrected chi connectivity index (χ1v) is 6.18. The molecule has 0 amide bonds. The Balaban J connectivity index is 2.52. The van der Waals surface area contributed by atoms with Crippen LogP contribution in [0.5, 0.6) is 0 Å². The van der Waals surface area contributed by atoms with Crippen LogP contribution in [0, 0.1) is 5.82 Å². The molecule has 0 unspecified atom stereocenters. The van der Waals surface area contributed by atoms with Crippen LogP contribution in [0.4, 0.5) is 10.2 Å². The van der Waals surface area contributed by atoms with E-state index in [0.717, 1.165) is 19.6 Å². The Labute approximate surface area is 102 Å². The highest BCUT2D eigenvalue weighted by molar-refractivity contribution is 5.37. The Kier molecular flexibility index (Phi) is 5.83. The second kappa shape index (κ2) is 7.17. The van der Waals surface area contributed by atoms with E-state index in [1.54, 1.807) is 0 Å². The van der Waals surface area contributed by atoms with Crippen LogP contribution in [-0.2, 0) is 6.42 Å². The molecule has 0 saturated carbocycles. The molecule has 0 spiro atoms. The van der Waals surface area contributed by atoms with E-state index >= 15 is 0 Å². The van der Waals surface area contributed by atoms with Gasteiger partial charge in [-0.15, -0.1) is 0 Å². The van der Waals surface area contributed by atoms with Crippen molar-refractivity contribution in [1.29, 1.82) is 0 Å². The van der Waals surface area contributed by atoms with Crippen LogP contribution in [0.25, 0.3) is 0 Å². The van der Waals surface area contributed by atoms with Gasteiger partial charge >= 0.3 is 0 Å². The van der Waals surface area contributed by atoms with E-state index < -0.39 is 0 Å². The predicted octanol–water partition coefficient (Wildman–Crippen LogP) is 1.93. The molecule has 1 N–H and O–H groups in total. The van der Waals surface area contributed by atoms with Gasteiger partial charge in [0.1, 0.15) is 6.33 Å². The fourth-order valence-corrected chi connectivity index (χ4v) is 1.65. The molecule has 17 heavy (non-hydrogen) atoms. The van der Waals surface area contributed by atoms with E-state index in [-0.39, 0.29) is 5.82 Å². The van der Waals surface area contributed by atoms with E-state index in [2.05, 4.69) is 34.0 Å². The summed E-state index contributed by atoms with van der Waals surface area (Å²) in [4.78, 5) is 10.1. The number of anilines is 1. The van der Waals surface area contributed by atoms with Crippen molar-refractivity contribution in [2.75, 3.05) is 31.5 Å². The molecule has 5 heteroatoms. The zero-order chi connectivity index (χ0) is 12.7. The SMILES string of the molecule is CCc1ncnc(NCCN(CC)CC)c1F. The summed E-state index contributed by atoms with van der Waals surface area (Å²) in [6.45, 7) is 9.70. The third-order valence-corrected chi connectivity index (χ3v) is 2.81. The second-order valence-electron chi connectivity index (χ2n) is 3.79. The van der Waals surface area contributed by atoms with Crippen molar-refractivity contribution >= 4 is 5.82 Å². The summed E-state index contributed by atoms with van der Waals surface area (Å²) >= 11 is 0. The lowest BCUT2D eigenvalue weighted by Crippen LogP contribution is -2.29. The van der Waals surface area contributed by atoms with Crippen LogP contribution in [0.15, 0.2) is 6.33 Å². The molecule has 0 fully saturated rings. The van der Waals surface area contributed by atoms with Gasteiger partial charge in [-0.1, -0.05) is 20.8 Å². The minimum atomic E-state index is -0.324. The Hall–Kier alpha value is -1.23.